The monoisotopic (exact) mass is 365 g/mol. The van der Waals surface area contributed by atoms with E-state index in [1.165, 1.54) is 6.08 Å². The third-order valence-corrected chi connectivity index (χ3v) is 3.34. The summed E-state index contributed by atoms with van der Waals surface area (Å²) in [5.74, 6) is -1.05. The molecule has 6 heteroatoms. The van der Waals surface area contributed by atoms with Crippen LogP contribution in [0.1, 0.15) is 26.3 Å². The van der Waals surface area contributed by atoms with Crippen LogP contribution in [-0.2, 0) is 4.79 Å². The molecule has 2 rings (SSSR count). The largest absolute Gasteiger partial charge is 0.417 e. The second-order valence-electron chi connectivity index (χ2n) is 5.09. The number of nitrogens with zero attached hydrogens (tertiary/aromatic N) is 1. The molecule has 0 unspecified atom stereocenters. The summed E-state index contributed by atoms with van der Waals surface area (Å²) >= 11 is 0. The summed E-state index contributed by atoms with van der Waals surface area (Å²) in [6, 6.07) is 6.79. The average molecular weight is 365 g/mol. The number of H-pyrrole nitrogens is 1. The fraction of sp³-hybridized carbons (Fsp3) is 0.190. The Labute approximate surface area is 158 Å². The predicted octanol–water partition coefficient (Wildman–Crippen LogP) is 3.86. The molecule has 0 aliphatic rings. The smallest absolute Gasteiger partial charge is 0.408 e. The van der Waals surface area contributed by atoms with Crippen LogP contribution in [0.25, 0.3) is 17.2 Å². The topological polar surface area (TPSA) is 98.9 Å². The van der Waals surface area contributed by atoms with Gasteiger partial charge < -0.3 is 9.73 Å². The van der Waals surface area contributed by atoms with Crippen LogP contribution in [-0.4, -0.2) is 17.4 Å². The first-order valence-electron chi connectivity index (χ1n) is 8.54. The number of oxazole rings is 1. The van der Waals surface area contributed by atoms with Gasteiger partial charge in [-0.15, -0.1) is 0 Å². The van der Waals surface area contributed by atoms with Crippen LogP contribution >= 0.6 is 0 Å². The second-order valence-corrected chi connectivity index (χ2v) is 5.09. The van der Waals surface area contributed by atoms with Crippen molar-refractivity contribution in [1.82, 2.24) is 10.3 Å². The summed E-state index contributed by atoms with van der Waals surface area (Å²) in [5.41, 5.74) is 2.26. The van der Waals surface area contributed by atoms with Crippen molar-refractivity contribution in [1.29, 1.82) is 5.26 Å². The molecule has 2 aromatic rings. The van der Waals surface area contributed by atoms with E-state index >= 15 is 0 Å². The summed E-state index contributed by atoms with van der Waals surface area (Å²) < 4.78 is 4.97. The normalized spacial score (nSPS) is 11.6. The van der Waals surface area contributed by atoms with Gasteiger partial charge in [-0.05, 0) is 36.3 Å². The predicted molar refractivity (Wildman–Crippen MR) is 108 cm³/mol. The van der Waals surface area contributed by atoms with Gasteiger partial charge in [-0.25, -0.2) is 4.79 Å². The van der Waals surface area contributed by atoms with E-state index in [0.29, 0.717) is 16.7 Å². The molecular weight excluding hydrogens is 342 g/mol. The first-order chi connectivity index (χ1) is 13.1. The zero-order chi connectivity index (χ0) is 20.2. The van der Waals surface area contributed by atoms with Gasteiger partial charge >= 0.3 is 5.76 Å². The third-order valence-electron chi connectivity index (χ3n) is 3.34. The molecule has 0 aliphatic carbocycles. The minimum absolute atomic E-state index is 0.0494. The van der Waals surface area contributed by atoms with E-state index in [-0.39, 0.29) is 12.1 Å². The highest BCUT2D eigenvalue weighted by Crippen LogP contribution is 2.15. The van der Waals surface area contributed by atoms with E-state index in [9.17, 15) is 14.9 Å². The summed E-state index contributed by atoms with van der Waals surface area (Å²) in [4.78, 5) is 25.9. The number of amides is 1. The quantitative estimate of drug-likeness (QED) is 0.461. The first-order valence-corrected chi connectivity index (χ1v) is 8.54. The van der Waals surface area contributed by atoms with Gasteiger partial charge in [0.1, 0.15) is 11.6 Å². The Morgan fingerprint density at radius 2 is 2.15 bits per heavy atom. The lowest BCUT2D eigenvalue weighted by atomic mass is 10.1. The number of carbonyl (C=O) groups excluding carboxylic acids is 1. The Balaban J connectivity index is 0.00000176. The van der Waals surface area contributed by atoms with Crippen LogP contribution < -0.4 is 11.1 Å². The van der Waals surface area contributed by atoms with Crippen molar-refractivity contribution in [3.63, 3.8) is 0 Å². The van der Waals surface area contributed by atoms with Crippen LogP contribution in [0.2, 0.25) is 0 Å². The van der Waals surface area contributed by atoms with E-state index in [2.05, 4.69) is 16.9 Å². The fourth-order valence-corrected chi connectivity index (χ4v) is 2.06. The number of aromatic amines is 1. The van der Waals surface area contributed by atoms with Crippen LogP contribution in [0.15, 0.2) is 69.4 Å². The van der Waals surface area contributed by atoms with Crippen LogP contribution in [0.5, 0.6) is 0 Å². The molecule has 1 amide bonds. The lowest BCUT2D eigenvalue weighted by Crippen LogP contribution is -2.26. The van der Waals surface area contributed by atoms with E-state index in [1.54, 1.807) is 24.3 Å². The van der Waals surface area contributed by atoms with Crippen molar-refractivity contribution in [2.75, 3.05) is 6.54 Å². The molecule has 27 heavy (non-hydrogen) atoms. The van der Waals surface area contributed by atoms with Gasteiger partial charge in [0.15, 0.2) is 5.58 Å². The van der Waals surface area contributed by atoms with Gasteiger partial charge in [-0.3, -0.25) is 9.78 Å². The molecule has 0 aliphatic heterocycles. The lowest BCUT2D eigenvalue weighted by Gasteiger charge is -2.05. The van der Waals surface area contributed by atoms with Crippen LogP contribution in [0.3, 0.4) is 0 Å². The number of allylic oxidation sites excluding steroid dienone is 3. The van der Waals surface area contributed by atoms with Crippen LogP contribution in [0.4, 0.5) is 0 Å². The molecular formula is C21H23N3O3. The van der Waals surface area contributed by atoms with E-state index in [1.807, 2.05) is 45.1 Å². The van der Waals surface area contributed by atoms with Crippen molar-refractivity contribution in [2.45, 2.75) is 20.8 Å². The molecule has 140 valence electrons. The molecule has 0 saturated carbocycles. The molecule has 0 radical (unpaired) electrons. The first kappa shape index (κ1) is 21.5. The SMILES string of the molecule is C=C/C(=C\C=C/C)CNC(=O)/C(C#N)=C/c1ccc2[nH]c(=O)oc2c1.CC. The highest BCUT2D eigenvalue weighted by molar-refractivity contribution is 6.02. The fourth-order valence-electron chi connectivity index (χ4n) is 2.06. The number of aromatic nitrogens is 1. The summed E-state index contributed by atoms with van der Waals surface area (Å²) in [7, 11) is 0. The van der Waals surface area contributed by atoms with Crippen molar-refractivity contribution in [3.05, 3.63) is 76.3 Å². The number of benzene rings is 1. The van der Waals surface area contributed by atoms with E-state index in [4.69, 9.17) is 4.42 Å². The van der Waals surface area contributed by atoms with Crippen molar-refractivity contribution in [2.24, 2.45) is 0 Å². The zero-order valence-electron chi connectivity index (χ0n) is 15.7. The van der Waals surface area contributed by atoms with Crippen molar-refractivity contribution >= 4 is 23.1 Å². The van der Waals surface area contributed by atoms with E-state index < -0.39 is 11.7 Å². The minimum Gasteiger partial charge on any atom is -0.408 e. The van der Waals surface area contributed by atoms with Crippen molar-refractivity contribution in [3.8, 4) is 6.07 Å². The maximum absolute atomic E-state index is 12.2. The van der Waals surface area contributed by atoms with Gasteiger partial charge in [-0.1, -0.05) is 50.8 Å². The average Bonchev–Trinajstić information content (AvgIpc) is 3.06. The molecule has 0 atom stereocenters. The van der Waals surface area contributed by atoms with Gasteiger partial charge in [0.25, 0.3) is 5.91 Å². The molecule has 6 nitrogen and oxygen atoms in total. The summed E-state index contributed by atoms with van der Waals surface area (Å²) in [6.45, 7) is 9.83. The molecule has 2 N–H and O–H groups in total. The Kier molecular flexibility index (Phi) is 8.83. The number of hydrogen-bond acceptors (Lipinski definition) is 4. The van der Waals surface area contributed by atoms with Crippen molar-refractivity contribution < 1.29 is 9.21 Å². The molecule has 0 saturated heterocycles. The lowest BCUT2D eigenvalue weighted by molar-refractivity contribution is -0.116. The highest BCUT2D eigenvalue weighted by Gasteiger charge is 2.09. The number of nitrogens with one attached hydrogen (secondary N) is 2. The highest BCUT2D eigenvalue weighted by atomic mass is 16.4. The standard InChI is InChI=1S/C19H17N3O3.C2H6/c1-3-5-6-13(4-2)12-21-18(23)15(11-20)9-14-7-8-16-17(10-14)25-19(24)22-16;1-2/h3-10H,2,12H2,1H3,(H,21,23)(H,22,24);1-2H3/b5-3-,13-6+,15-9+;. The van der Waals surface area contributed by atoms with E-state index in [0.717, 1.165) is 5.57 Å². The van der Waals surface area contributed by atoms with Gasteiger partial charge in [-0.2, -0.15) is 5.26 Å². The second kappa shape index (κ2) is 11.1. The number of nitriles is 1. The summed E-state index contributed by atoms with van der Waals surface area (Å²) in [5, 5.41) is 11.9. The molecule has 1 aromatic carbocycles. The Bertz CT molecular complexity index is 982. The number of hydrogen-bond donors (Lipinski definition) is 2. The van der Waals surface area contributed by atoms with Crippen LogP contribution in [0, 0.1) is 11.3 Å². The maximum atomic E-state index is 12.2. The molecule has 1 aromatic heterocycles. The molecule has 0 spiro atoms. The Morgan fingerprint density at radius 3 is 2.78 bits per heavy atom. The Morgan fingerprint density at radius 1 is 1.41 bits per heavy atom. The van der Waals surface area contributed by atoms with Gasteiger partial charge in [0.05, 0.1) is 5.52 Å². The number of rotatable bonds is 6. The zero-order valence-corrected chi connectivity index (χ0v) is 15.7. The Hall–Kier alpha value is -3.59. The maximum Gasteiger partial charge on any atom is 0.417 e. The van der Waals surface area contributed by atoms with Gasteiger partial charge in [0.2, 0.25) is 0 Å². The molecule has 0 fully saturated rings. The number of fused-ring (bicyclic) bond motifs is 1. The van der Waals surface area contributed by atoms with Gasteiger partial charge in [0, 0.05) is 6.54 Å². The molecule has 1 heterocycles. The molecule has 0 bridgehead atoms. The third kappa shape index (κ3) is 6.33. The number of carbonyl (C=O) groups is 1. The summed E-state index contributed by atoms with van der Waals surface area (Å²) in [6.07, 6.45) is 8.60. The minimum atomic E-state index is -0.556.